The first-order chi connectivity index (χ1) is 7.06. The minimum absolute atomic E-state index is 0.0515. The Labute approximate surface area is 98.6 Å². The number of pyridine rings is 1. The van der Waals surface area contributed by atoms with Crippen LogP contribution in [-0.2, 0) is 0 Å². The van der Waals surface area contributed by atoms with Crippen LogP contribution in [0.3, 0.4) is 0 Å². The second-order valence-corrected chi connectivity index (χ2v) is 4.36. The van der Waals surface area contributed by atoms with Gasteiger partial charge in [0.1, 0.15) is 4.60 Å². The predicted molar refractivity (Wildman–Crippen MR) is 63.8 cm³/mol. The number of hydrogen-bond donors (Lipinski definition) is 0. The molecule has 0 unspecified atom stereocenters. The van der Waals surface area contributed by atoms with Crippen molar-refractivity contribution in [3.63, 3.8) is 0 Å². The third-order valence-electron chi connectivity index (χ3n) is 2.20. The van der Waals surface area contributed by atoms with E-state index in [1.165, 1.54) is 0 Å². The summed E-state index contributed by atoms with van der Waals surface area (Å²) in [5, 5.41) is 0. The zero-order chi connectivity index (χ0) is 11.4. The lowest BCUT2D eigenvalue weighted by molar-refractivity contribution is 0.0716. The van der Waals surface area contributed by atoms with Crippen LogP contribution in [0.4, 0.5) is 0 Å². The number of halogens is 1. The van der Waals surface area contributed by atoms with Gasteiger partial charge < -0.3 is 4.90 Å². The van der Waals surface area contributed by atoms with E-state index in [1.54, 1.807) is 18.3 Å². The molecule has 1 heterocycles. The van der Waals surface area contributed by atoms with Crippen LogP contribution in [-0.4, -0.2) is 28.4 Å². The second kappa shape index (κ2) is 5.26. The topological polar surface area (TPSA) is 33.2 Å². The average molecular weight is 271 g/mol. The maximum absolute atomic E-state index is 12.0. The molecule has 1 rings (SSSR count). The SMILES string of the molecule is CCN(C(=O)c1ccnc(Br)c1)C(C)C. The van der Waals surface area contributed by atoms with Gasteiger partial charge >= 0.3 is 0 Å². The number of carbonyl (C=O) groups is 1. The van der Waals surface area contributed by atoms with E-state index in [-0.39, 0.29) is 11.9 Å². The summed E-state index contributed by atoms with van der Waals surface area (Å²) in [7, 11) is 0. The van der Waals surface area contributed by atoms with Crippen LogP contribution in [0.25, 0.3) is 0 Å². The summed E-state index contributed by atoms with van der Waals surface area (Å²) in [5.41, 5.74) is 0.674. The minimum Gasteiger partial charge on any atom is -0.336 e. The Balaban J connectivity index is 2.93. The van der Waals surface area contributed by atoms with Gasteiger partial charge in [0, 0.05) is 24.3 Å². The van der Waals surface area contributed by atoms with Crippen molar-refractivity contribution in [2.75, 3.05) is 6.54 Å². The highest BCUT2D eigenvalue weighted by Crippen LogP contribution is 2.12. The molecular formula is C11H15BrN2O. The largest absolute Gasteiger partial charge is 0.336 e. The maximum Gasteiger partial charge on any atom is 0.254 e. The van der Waals surface area contributed by atoms with Crippen molar-refractivity contribution in [2.24, 2.45) is 0 Å². The molecule has 0 saturated carbocycles. The quantitative estimate of drug-likeness (QED) is 0.792. The number of amides is 1. The molecule has 0 aromatic carbocycles. The molecule has 0 fully saturated rings. The van der Waals surface area contributed by atoms with Crippen molar-refractivity contribution in [1.29, 1.82) is 0 Å². The zero-order valence-corrected chi connectivity index (χ0v) is 10.8. The Morgan fingerprint density at radius 2 is 2.27 bits per heavy atom. The molecule has 0 radical (unpaired) electrons. The van der Waals surface area contributed by atoms with Gasteiger partial charge in [-0.3, -0.25) is 4.79 Å². The fraction of sp³-hybridized carbons (Fsp3) is 0.455. The van der Waals surface area contributed by atoms with Crippen LogP contribution in [0, 0.1) is 0 Å². The van der Waals surface area contributed by atoms with Crippen LogP contribution in [0.2, 0.25) is 0 Å². The summed E-state index contributed by atoms with van der Waals surface area (Å²) < 4.78 is 0.688. The molecule has 1 amide bonds. The minimum atomic E-state index is 0.0515. The highest BCUT2D eigenvalue weighted by Gasteiger charge is 2.16. The van der Waals surface area contributed by atoms with E-state index in [9.17, 15) is 4.79 Å². The van der Waals surface area contributed by atoms with Crippen LogP contribution in [0.5, 0.6) is 0 Å². The number of nitrogens with zero attached hydrogens (tertiary/aromatic N) is 2. The molecule has 0 aliphatic carbocycles. The first-order valence-corrected chi connectivity index (χ1v) is 5.78. The molecule has 1 aromatic rings. The fourth-order valence-electron chi connectivity index (χ4n) is 1.44. The lowest BCUT2D eigenvalue weighted by Crippen LogP contribution is -2.36. The van der Waals surface area contributed by atoms with Crippen LogP contribution >= 0.6 is 15.9 Å². The predicted octanol–water partition coefficient (Wildman–Crippen LogP) is 2.71. The summed E-state index contributed by atoms with van der Waals surface area (Å²) in [6, 6.07) is 3.69. The van der Waals surface area contributed by atoms with E-state index in [1.807, 2.05) is 25.7 Å². The molecule has 15 heavy (non-hydrogen) atoms. The molecular weight excluding hydrogens is 256 g/mol. The summed E-state index contributed by atoms with van der Waals surface area (Å²) in [5.74, 6) is 0.0515. The Morgan fingerprint density at radius 1 is 1.60 bits per heavy atom. The standard InChI is InChI=1S/C11H15BrN2O/c1-4-14(8(2)3)11(15)9-5-6-13-10(12)7-9/h5-8H,4H2,1-3H3. The van der Waals surface area contributed by atoms with E-state index in [0.29, 0.717) is 10.2 Å². The van der Waals surface area contributed by atoms with E-state index >= 15 is 0 Å². The second-order valence-electron chi connectivity index (χ2n) is 3.55. The molecule has 4 heteroatoms. The van der Waals surface area contributed by atoms with Crippen molar-refractivity contribution >= 4 is 21.8 Å². The molecule has 0 aliphatic rings. The molecule has 0 spiro atoms. The molecule has 0 N–H and O–H groups in total. The summed E-state index contributed by atoms with van der Waals surface area (Å²) >= 11 is 3.26. The Bertz CT molecular complexity index is 352. The van der Waals surface area contributed by atoms with Crippen LogP contribution in [0.1, 0.15) is 31.1 Å². The number of aromatic nitrogens is 1. The smallest absolute Gasteiger partial charge is 0.254 e. The molecule has 0 saturated heterocycles. The third-order valence-corrected chi connectivity index (χ3v) is 2.63. The fourth-order valence-corrected chi connectivity index (χ4v) is 1.81. The van der Waals surface area contributed by atoms with E-state index < -0.39 is 0 Å². The number of carbonyl (C=O) groups excluding carboxylic acids is 1. The van der Waals surface area contributed by atoms with Crippen molar-refractivity contribution in [2.45, 2.75) is 26.8 Å². The summed E-state index contributed by atoms with van der Waals surface area (Å²) in [6.45, 7) is 6.72. The monoisotopic (exact) mass is 270 g/mol. The molecule has 82 valence electrons. The Morgan fingerprint density at radius 3 is 2.73 bits per heavy atom. The summed E-state index contributed by atoms with van der Waals surface area (Å²) in [4.78, 5) is 17.9. The van der Waals surface area contributed by atoms with Gasteiger partial charge in [0.25, 0.3) is 5.91 Å². The lowest BCUT2D eigenvalue weighted by atomic mass is 10.2. The Kier molecular flexibility index (Phi) is 4.27. The van der Waals surface area contributed by atoms with Crippen molar-refractivity contribution in [1.82, 2.24) is 9.88 Å². The van der Waals surface area contributed by atoms with Crippen molar-refractivity contribution in [3.8, 4) is 0 Å². The highest BCUT2D eigenvalue weighted by atomic mass is 79.9. The van der Waals surface area contributed by atoms with Crippen LogP contribution in [0.15, 0.2) is 22.9 Å². The lowest BCUT2D eigenvalue weighted by Gasteiger charge is -2.25. The Hall–Kier alpha value is -0.900. The molecule has 0 atom stereocenters. The molecule has 3 nitrogen and oxygen atoms in total. The third kappa shape index (κ3) is 3.02. The van der Waals surface area contributed by atoms with Gasteiger partial charge in [-0.15, -0.1) is 0 Å². The van der Waals surface area contributed by atoms with Crippen molar-refractivity contribution in [3.05, 3.63) is 28.5 Å². The maximum atomic E-state index is 12.0. The van der Waals surface area contributed by atoms with Gasteiger partial charge in [0.2, 0.25) is 0 Å². The van der Waals surface area contributed by atoms with Gasteiger partial charge in [-0.2, -0.15) is 0 Å². The number of rotatable bonds is 3. The summed E-state index contributed by atoms with van der Waals surface area (Å²) in [6.07, 6.45) is 1.63. The van der Waals surface area contributed by atoms with Gasteiger partial charge in [-0.05, 0) is 48.8 Å². The highest BCUT2D eigenvalue weighted by molar-refractivity contribution is 9.10. The van der Waals surface area contributed by atoms with Gasteiger partial charge in [0.15, 0.2) is 0 Å². The molecule has 1 aromatic heterocycles. The van der Waals surface area contributed by atoms with E-state index in [0.717, 1.165) is 6.54 Å². The van der Waals surface area contributed by atoms with Gasteiger partial charge in [-0.25, -0.2) is 4.98 Å². The van der Waals surface area contributed by atoms with Crippen LogP contribution < -0.4 is 0 Å². The zero-order valence-electron chi connectivity index (χ0n) is 9.20. The molecule has 0 aliphatic heterocycles. The molecule has 0 bridgehead atoms. The van der Waals surface area contributed by atoms with Gasteiger partial charge in [0.05, 0.1) is 0 Å². The van der Waals surface area contributed by atoms with E-state index in [2.05, 4.69) is 20.9 Å². The normalized spacial score (nSPS) is 10.5. The van der Waals surface area contributed by atoms with Crippen molar-refractivity contribution < 1.29 is 4.79 Å². The first kappa shape index (κ1) is 12.2. The average Bonchev–Trinajstić information content (AvgIpc) is 2.18. The number of hydrogen-bond acceptors (Lipinski definition) is 2. The van der Waals surface area contributed by atoms with Gasteiger partial charge in [-0.1, -0.05) is 0 Å². The first-order valence-electron chi connectivity index (χ1n) is 4.98. The van der Waals surface area contributed by atoms with E-state index in [4.69, 9.17) is 0 Å².